The molecule has 0 spiro atoms. The molecule has 0 saturated carbocycles. The molecule has 1 N–H and O–H groups in total. The molecule has 2 amide bonds. The van der Waals surface area contributed by atoms with Gasteiger partial charge in [0.25, 0.3) is 0 Å². The summed E-state index contributed by atoms with van der Waals surface area (Å²) in [6.07, 6.45) is 5.08. The minimum absolute atomic E-state index is 0.0161. The van der Waals surface area contributed by atoms with E-state index < -0.39 is 0 Å². The van der Waals surface area contributed by atoms with Crippen LogP contribution in [-0.2, 0) is 0 Å². The van der Waals surface area contributed by atoms with E-state index in [9.17, 15) is 4.79 Å². The van der Waals surface area contributed by atoms with E-state index in [-0.39, 0.29) is 6.03 Å². The van der Waals surface area contributed by atoms with Gasteiger partial charge in [0.1, 0.15) is 17.2 Å². The van der Waals surface area contributed by atoms with Crippen molar-refractivity contribution in [1.29, 1.82) is 0 Å². The van der Waals surface area contributed by atoms with Crippen molar-refractivity contribution in [3.05, 3.63) is 48.5 Å². The maximum Gasteiger partial charge on any atom is 0.321 e. The van der Waals surface area contributed by atoms with Gasteiger partial charge >= 0.3 is 6.03 Å². The SMILES string of the molecule is COc1cccc(Oc2ccc(NC(=O)N3CCC(CN4CCCCC4)C3)cc2)c1. The Kier molecular flexibility index (Phi) is 6.74. The van der Waals surface area contributed by atoms with E-state index in [4.69, 9.17) is 9.47 Å². The van der Waals surface area contributed by atoms with Crippen molar-refractivity contribution in [3.63, 3.8) is 0 Å². The summed E-state index contributed by atoms with van der Waals surface area (Å²) in [6.45, 7) is 5.24. The fourth-order valence-corrected chi connectivity index (χ4v) is 4.28. The number of nitrogens with one attached hydrogen (secondary N) is 1. The van der Waals surface area contributed by atoms with Crippen LogP contribution in [0.3, 0.4) is 0 Å². The number of rotatable bonds is 6. The number of ether oxygens (including phenoxy) is 2. The summed E-state index contributed by atoms with van der Waals surface area (Å²) >= 11 is 0. The zero-order valence-electron chi connectivity index (χ0n) is 17.7. The fourth-order valence-electron chi connectivity index (χ4n) is 4.28. The molecule has 0 aliphatic carbocycles. The van der Waals surface area contributed by atoms with Crippen molar-refractivity contribution in [2.24, 2.45) is 5.92 Å². The van der Waals surface area contributed by atoms with Crippen molar-refractivity contribution in [2.75, 3.05) is 45.2 Å². The first kappa shape index (κ1) is 20.5. The lowest BCUT2D eigenvalue weighted by atomic mass is 10.1. The number of nitrogens with zero attached hydrogens (tertiary/aromatic N) is 2. The maximum absolute atomic E-state index is 12.7. The summed E-state index contributed by atoms with van der Waals surface area (Å²) in [5.41, 5.74) is 0.775. The molecule has 2 aliphatic rings. The summed E-state index contributed by atoms with van der Waals surface area (Å²) in [5.74, 6) is 2.76. The molecule has 0 aromatic heterocycles. The second-order valence-electron chi connectivity index (χ2n) is 8.20. The van der Waals surface area contributed by atoms with E-state index in [2.05, 4.69) is 10.2 Å². The third-order valence-electron chi connectivity index (χ3n) is 5.92. The Morgan fingerprint density at radius 2 is 1.77 bits per heavy atom. The van der Waals surface area contributed by atoms with Crippen molar-refractivity contribution < 1.29 is 14.3 Å². The minimum Gasteiger partial charge on any atom is -0.497 e. The van der Waals surface area contributed by atoms with E-state index in [1.165, 1.54) is 32.4 Å². The van der Waals surface area contributed by atoms with Gasteiger partial charge in [-0.1, -0.05) is 12.5 Å². The number of urea groups is 1. The minimum atomic E-state index is -0.0161. The molecule has 0 bridgehead atoms. The van der Waals surface area contributed by atoms with Crippen LogP contribution < -0.4 is 14.8 Å². The number of methoxy groups -OCH3 is 1. The number of piperidine rings is 1. The molecule has 2 heterocycles. The Morgan fingerprint density at radius 1 is 1.00 bits per heavy atom. The number of carbonyl (C=O) groups excluding carboxylic acids is 1. The first-order chi connectivity index (χ1) is 14.7. The fraction of sp³-hybridized carbons (Fsp3) is 0.458. The Labute approximate surface area is 178 Å². The highest BCUT2D eigenvalue weighted by Gasteiger charge is 2.28. The van der Waals surface area contributed by atoms with Crippen LogP contribution in [-0.4, -0.2) is 55.7 Å². The number of hydrogen-bond donors (Lipinski definition) is 1. The quantitative estimate of drug-likeness (QED) is 0.743. The molecule has 2 aliphatic heterocycles. The van der Waals surface area contributed by atoms with Gasteiger partial charge in [0, 0.05) is 31.4 Å². The van der Waals surface area contributed by atoms with Gasteiger partial charge in [0.05, 0.1) is 7.11 Å². The lowest BCUT2D eigenvalue weighted by molar-refractivity contribution is 0.192. The molecule has 1 atom stereocenters. The number of benzene rings is 2. The lowest BCUT2D eigenvalue weighted by Gasteiger charge is -2.29. The molecule has 2 aromatic rings. The molecule has 2 fully saturated rings. The Hall–Kier alpha value is -2.73. The van der Waals surface area contributed by atoms with Crippen molar-refractivity contribution >= 4 is 11.7 Å². The molecular formula is C24H31N3O3. The molecule has 4 rings (SSSR count). The predicted octanol–water partition coefficient (Wildman–Crippen LogP) is 4.83. The van der Waals surface area contributed by atoms with E-state index >= 15 is 0 Å². The molecule has 6 nitrogen and oxygen atoms in total. The van der Waals surface area contributed by atoms with E-state index in [1.807, 2.05) is 53.4 Å². The number of likely N-dealkylation sites (tertiary alicyclic amines) is 2. The molecule has 6 heteroatoms. The average molecular weight is 410 g/mol. The second kappa shape index (κ2) is 9.85. The molecule has 0 radical (unpaired) electrons. The first-order valence-electron chi connectivity index (χ1n) is 10.9. The van der Waals surface area contributed by atoms with Crippen LogP contribution in [0.5, 0.6) is 17.2 Å². The van der Waals surface area contributed by atoms with E-state index in [0.717, 1.165) is 37.5 Å². The Balaban J connectivity index is 1.26. The summed E-state index contributed by atoms with van der Waals surface area (Å²) in [6, 6.07) is 14.9. The zero-order chi connectivity index (χ0) is 20.8. The van der Waals surface area contributed by atoms with Gasteiger partial charge in [0.15, 0.2) is 0 Å². The van der Waals surface area contributed by atoms with Crippen molar-refractivity contribution in [2.45, 2.75) is 25.7 Å². The van der Waals surface area contributed by atoms with Crippen LogP contribution in [0.15, 0.2) is 48.5 Å². The van der Waals surface area contributed by atoms with Crippen molar-refractivity contribution in [1.82, 2.24) is 9.80 Å². The largest absolute Gasteiger partial charge is 0.497 e. The molecular weight excluding hydrogens is 378 g/mol. The van der Waals surface area contributed by atoms with Gasteiger partial charge in [-0.25, -0.2) is 4.79 Å². The highest BCUT2D eigenvalue weighted by molar-refractivity contribution is 5.89. The van der Waals surface area contributed by atoms with Gasteiger partial charge in [-0.15, -0.1) is 0 Å². The van der Waals surface area contributed by atoms with Crippen LogP contribution in [0, 0.1) is 5.92 Å². The van der Waals surface area contributed by atoms with Gasteiger partial charge in [-0.3, -0.25) is 0 Å². The van der Waals surface area contributed by atoms with Crippen LogP contribution in [0.2, 0.25) is 0 Å². The number of amides is 2. The molecule has 30 heavy (non-hydrogen) atoms. The third kappa shape index (κ3) is 5.45. The van der Waals surface area contributed by atoms with Gasteiger partial charge in [0.2, 0.25) is 0 Å². The lowest BCUT2D eigenvalue weighted by Crippen LogP contribution is -2.37. The van der Waals surface area contributed by atoms with E-state index in [1.54, 1.807) is 7.11 Å². The summed E-state index contributed by atoms with van der Waals surface area (Å²) in [4.78, 5) is 17.2. The zero-order valence-corrected chi connectivity index (χ0v) is 17.7. The summed E-state index contributed by atoms with van der Waals surface area (Å²) in [5, 5.41) is 3.02. The predicted molar refractivity (Wildman–Crippen MR) is 118 cm³/mol. The van der Waals surface area contributed by atoms with Gasteiger partial charge < -0.3 is 24.6 Å². The van der Waals surface area contributed by atoms with Crippen LogP contribution in [0.1, 0.15) is 25.7 Å². The standard InChI is InChI=1S/C24H31N3O3/c1-29-22-6-5-7-23(16-22)30-21-10-8-20(9-11-21)25-24(28)27-15-12-19(18-27)17-26-13-3-2-4-14-26/h5-11,16,19H,2-4,12-15,17-18H2,1H3,(H,25,28). The van der Waals surface area contributed by atoms with Crippen LogP contribution >= 0.6 is 0 Å². The second-order valence-corrected chi connectivity index (χ2v) is 8.20. The molecule has 2 saturated heterocycles. The average Bonchev–Trinajstić information content (AvgIpc) is 3.25. The Morgan fingerprint density at radius 3 is 2.53 bits per heavy atom. The Bertz CT molecular complexity index is 834. The number of anilines is 1. The van der Waals surface area contributed by atoms with Crippen molar-refractivity contribution in [3.8, 4) is 17.2 Å². The number of hydrogen-bond acceptors (Lipinski definition) is 4. The molecule has 1 unspecified atom stereocenters. The summed E-state index contributed by atoms with van der Waals surface area (Å²) < 4.78 is 11.1. The normalized spacial score (nSPS) is 19.5. The smallest absolute Gasteiger partial charge is 0.321 e. The number of carbonyl (C=O) groups is 1. The maximum atomic E-state index is 12.7. The summed E-state index contributed by atoms with van der Waals surface area (Å²) in [7, 11) is 1.63. The topological polar surface area (TPSA) is 54.0 Å². The monoisotopic (exact) mass is 409 g/mol. The first-order valence-corrected chi connectivity index (χ1v) is 10.9. The molecule has 2 aromatic carbocycles. The highest BCUT2D eigenvalue weighted by Crippen LogP contribution is 2.26. The van der Waals surface area contributed by atoms with Crippen LogP contribution in [0.4, 0.5) is 10.5 Å². The highest BCUT2D eigenvalue weighted by atomic mass is 16.5. The van der Waals surface area contributed by atoms with E-state index in [0.29, 0.717) is 17.4 Å². The third-order valence-corrected chi connectivity index (χ3v) is 5.92. The van der Waals surface area contributed by atoms with Gasteiger partial charge in [-0.2, -0.15) is 0 Å². The van der Waals surface area contributed by atoms with Gasteiger partial charge in [-0.05, 0) is 74.7 Å². The molecule has 160 valence electrons. The van der Waals surface area contributed by atoms with Crippen LogP contribution in [0.25, 0.3) is 0 Å².